The molecule has 1 aromatic rings. The minimum Gasteiger partial charge on any atom is -0.497 e. The first kappa shape index (κ1) is 22.0. The summed E-state index contributed by atoms with van der Waals surface area (Å²) in [5, 5.41) is 13.2. The van der Waals surface area contributed by atoms with Gasteiger partial charge < -0.3 is 15.2 Å². The maximum Gasteiger partial charge on any atom is 0.243 e. The van der Waals surface area contributed by atoms with Crippen molar-refractivity contribution in [1.29, 1.82) is 0 Å². The second kappa shape index (κ2) is 9.43. The number of ether oxygens (including phenoxy) is 1. The number of aliphatic hydroxyl groups excluding tert-OH is 1. The Morgan fingerprint density at radius 3 is 2.20 bits per heavy atom. The third-order valence-electron chi connectivity index (χ3n) is 5.82. The number of methoxy groups -OCH3 is 1. The molecule has 0 bridgehead atoms. The van der Waals surface area contributed by atoms with Crippen LogP contribution in [0.3, 0.4) is 0 Å². The largest absolute Gasteiger partial charge is 0.497 e. The number of hydrogen-bond acceptors (Lipinski definition) is 5. The summed E-state index contributed by atoms with van der Waals surface area (Å²) in [6.07, 6.45) is 4.42. The molecule has 3 amide bonds. The molecule has 1 aromatic carbocycles. The molecule has 0 aromatic heterocycles. The van der Waals surface area contributed by atoms with Gasteiger partial charge in [0.25, 0.3) is 0 Å². The third kappa shape index (κ3) is 4.56. The summed E-state index contributed by atoms with van der Waals surface area (Å²) in [4.78, 5) is 40.0. The number of carbonyl (C=O) groups excluding carboxylic acids is 3. The van der Waals surface area contributed by atoms with E-state index in [2.05, 4.69) is 5.32 Å². The Balaban J connectivity index is 1.69. The van der Waals surface area contributed by atoms with Crippen LogP contribution in [0, 0.1) is 17.8 Å². The minimum atomic E-state index is -0.906. The SMILES string of the molecule is COc1ccc(C(O)CNC(=O)C(CC(C)C)N2C(=O)C3CC=CCC3C2=O)cc1. The zero-order chi connectivity index (χ0) is 21.8. The van der Waals surface area contributed by atoms with E-state index in [1.807, 2.05) is 26.0 Å². The molecule has 1 saturated heterocycles. The highest BCUT2D eigenvalue weighted by atomic mass is 16.5. The number of hydrogen-bond donors (Lipinski definition) is 2. The lowest BCUT2D eigenvalue weighted by Crippen LogP contribution is -2.51. The number of benzene rings is 1. The number of allylic oxidation sites excluding steroid dienone is 2. The van der Waals surface area contributed by atoms with E-state index in [0.29, 0.717) is 30.6 Å². The maximum atomic E-state index is 13.0. The Labute approximate surface area is 177 Å². The first-order chi connectivity index (χ1) is 14.3. The predicted molar refractivity (Wildman–Crippen MR) is 111 cm³/mol. The van der Waals surface area contributed by atoms with Crippen LogP contribution in [0.25, 0.3) is 0 Å². The van der Waals surface area contributed by atoms with Gasteiger partial charge in [-0.1, -0.05) is 38.1 Å². The molecule has 7 heteroatoms. The molecule has 3 rings (SSSR count). The number of likely N-dealkylation sites (tertiary alicyclic amines) is 1. The maximum absolute atomic E-state index is 13.0. The Morgan fingerprint density at radius 1 is 1.13 bits per heavy atom. The average Bonchev–Trinajstić information content (AvgIpc) is 3.00. The molecule has 7 nitrogen and oxygen atoms in total. The van der Waals surface area contributed by atoms with E-state index in [0.717, 1.165) is 0 Å². The normalized spacial score (nSPS) is 22.8. The lowest BCUT2D eigenvalue weighted by atomic mass is 9.85. The van der Waals surface area contributed by atoms with Crippen LogP contribution < -0.4 is 10.1 Å². The summed E-state index contributed by atoms with van der Waals surface area (Å²) in [5.74, 6) is -0.867. The Hall–Kier alpha value is -2.67. The fraction of sp³-hybridized carbons (Fsp3) is 0.522. The molecule has 162 valence electrons. The number of fused-ring (bicyclic) bond motifs is 1. The van der Waals surface area contributed by atoms with Gasteiger partial charge in [-0.2, -0.15) is 0 Å². The van der Waals surface area contributed by atoms with Crippen LogP contribution in [0.5, 0.6) is 5.75 Å². The van der Waals surface area contributed by atoms with E-state index in [1.165, 1.54) is 4.90 Å². The molecule has 1 aliphatic heterocycles. The van der Waals surface area contributed by atoms with Crippen molar-refractivity contribution >= 4 is 17.7 Å². The molecule has 1 fully saturated rings. The zero-order valence-electron chi connectivity index (χ0n) is 17.7. The molecule has 1 aliphatic carbocycles. The van der Waals surface area contributed by atoms with Gasteiger partial charge in [-0.3, -0.25) is 19.3 Å². The van der Waals surface area contributed by atoms with E-state index in [4.69, 9.17) is 4.74 Å². The van der Waals surface area contributed by atoms with Crippen LogP contribution in [0.1, 0.15) is 44.8 Å². The van der Waals surface area contributed by atoms with Gasteiger partial charge in [0.1, 0.15) is 11.8 Å². The van der Waals surface area contributed by atoms with E-state index < -0.39 is 18.1 Å². The van der Waals surface area contributed by atoms with Gasteiger partial charge in [0.2, 0.25) is 17.7 Å². The summed E-state index contributed by atoms with van der Waals surface area (Å²) in [6, 6.07) is 6.07. The summed E-state index contributed by atoms with van der Waals surface area (Å²) in [6.45, 7) is 3.89. The summed E-state index contributed by atoms with van der Waals surface area (Å²) >= 11 is 0. The smallest absolute Gasteiger partial charge is 0.243 e. The van der Waals surface area contributed by atoms with E-state index in [1.54, 1.807) is 31.4 Å². The first-order valence-corrected chi connectivity index (χ1v) is 10.4. The second-order valence-electron chi connectivity index (χ2n) is 8.38. The molecule has 2 N–H and O–H groups in total. The molecule has 0 radical (unpaired) electrons. The van der Waals surface area contributed by atoms with Crippen molar-refractivity contribution in [3.63, 3.8) is 0 Å². The van der Waals surface area contributed by atoms with E-state index in [-0.39, 0.29) is 36.1 Å². The molecule has 0 saturated carbocycles. The lowest BCUT2D eigenvalue weighted by molar-refractivity contribution is -0.148. The highest BCUT2D eigenvalue weighted by molar-refractivity contribution is 6.08. The summed E-state index contributed by atoms with van der Waals surface area (Å²) in [7, 11) is 1.56. The fourth-order valence-electron chi connectivity index (χ4n) is 4.17. The lowest BCUT2D eigenvalue weighted by Gasteiger charge is -2.27. The van der Waals surface area contributed by atoms with Crippen LogP contribution in [0.4, 0.5) is 0 Å². The van der Waals surface area contributed by atoms with Crippen molar-refractivity contribution in [3.8, 4) is 5.75 Å². The topological polar surface area (TPSA) is 95.9 Å². The summed E-state index contributed by atoms with van der Waals surface area (Å²) < 4.78 is 5.11. The van der Waals surface area contributed by atoms with Crippen LogP contribution in [-0.2, 0) is 14.4 Å². The molecule has 30 heavy (non-hydrogen) atoms. The average molecular weight is 415 g/mol. The monoisotopic (exact) mass is 414 g/mol. The number of imide groups is 1. The van der Waals surface area contributed by atoms with Gasteiger partial charge in [0, 0.05) is 6.54 Å². The van der Waals surface area contributed by atoms with Gasteiger partial charge in [0.15, 0.2) is 0 Å². The number of rotatable bonds is 8. The number of amides is 3. The minimum absolute atomic E-state index is 0.00953. The molecule has 1 heterocycles. The van der Waals surface area contributed by atoms with Crippen molar-refractivity contribution < 1.29 is 24.2 Å². The van der Waals surface area contributed by atoms with Crippen molar-refractivity contribution in [1.82, 2.24) is 10.2 Å². The highest BCUT2D eigenvalue weighted by Gasteiger charge is 2.51. The first-order valence-electron chi connectivity index (χ1n) is 10.4. The highest BCUT2D eigenvalue weighted by Crippen LogP contribution is 2.37. The molecular weight excluding hydrogens is 384 g/mol. The van der Waals surface area contributed by atoms with Crippen LogP contribution >= 0.6 is 0 Å². The molecule has 4 unspecified atom stereocenters. The zero-order valence-corrected chi connectivity index (χ0v) is 17.7. The standard InChI is InChI=1S/C23H30N2O5/c1-14(2)12-19(25-22(28)17-6-4-5-7-18(17)23(25)29)21(27)24-13-20(26)15-8-10-16(30-3)11-9-15/h4-5,8-11,14,17-20,26H,6-7,12-13H2,1-3H3,(H,24,27). The number of aliphatic hydroxyl groups is 1. The molecular formula is C23H30N2O5. The number of nitrogens with one attached hydrogen (secondary N) is 1. The van der Waals surface area contributed by atoms with Gasteiger partial charge >= 0.3 is 0 Å². The van der Waals surface area contributed by atoms with Crippen LogP contribution in [0.2, 0.25) is 0 Å². The third-order valence-corrected chi connectivity index (χ3v) is 5.82. The quantitative estimate of drug-likeness (QED) is 0.502. The molecule has 0 spiro atoms. The van der Waals surface area contributed by atoms with Crippen molar-refractivity contribution in [2.24, 2.45) is 17.8 Å². The number of nitrogens with zero attached hydrogens (tertiary/aromatic N) is 1. The number of carbonyl (C=O) groups is 3. The Bertz CT molecular complexity index is 791. The van der Waals surface area contributed by atoms with Crippen LogP contribution in [-0.4, -0.2) is 47.4 Å². The fourth-order valence-corrected chi connectivity index (χ4v) is 4.17. The van der Waals surface area contributed by atoms with Crippen molar-refractivity contribution in [3.05, 3.63) is 42.0 Å². The Kier molecular flexibility index (Phi) is 6.92. The van der Waals surface area contributed by atoms with E-state index >= 15 is 0 Å². The van der Waals surface area contributed by atoms with E-state index in [9.17, 15) is 19.5 Å². The van der Waals surface area contributed by atoms with Gasteiger partial charge in [-0.05, 0) is 42.9 Å². The second-order valence-corrected chi connectivity index (χ2v) is 8.38. The predicted octanol–water partition coefficient (Wildman–Crippen LogP) is 2.21. The van der Waals surface area contributed by atoms with Crippen molar-refractivity contribution in [2.45, 2.75) is 45.3 Å². The van der Waals surface area contributed by atoms with Crippen molar-refractivity contribution in [2.75, 3.05) is 13.7 Å². The molecule has 2 aliphatic rings. The van der Waals surface area contributed by atoms with Gasteiger partial charge in [-0.25, -0.2) is 0 Å². The van der Waals surface area contributed by atoms with Gasteiger partial charge in [-0.15, -0.1) is 0 Å². The summed E-state index contributed by atoms with van der Waals surface area (Å²) in [5.41, 5.74) is 0.641. The molecule has 4 atom stereocenters. The van der Waals surface area contributed by atoms with Crippen LogP contribution in [0.15, 0.2) is 36.4 Å². The Morgan fingerprint density at radius 2 is 1.70 bits per heavy atom. The van der Waals surface area contributed by atoms with Gasteiger partial charge in [0.05, 0.1) is 25.0 Å².